The molecule has 2 N–H and O–H groups in total. The van der Waals surface area contributed by atoms with Gasteiger partial charge in [0.25, 0.3) is 5.56 Å². The number of pyridine rings is 1. The van der Waals surface area contributed by atoms with Crippen LogP contribution >= 0.6 is 0 Å². The Kier molecular flexibility index (Phi) is 2.11. The Morgan fingerprint density at radius 1 is 1.46 bits per heavy atom. The summed E-state index contributed by atoms with van der Waals surface area (Å²) >= 11 is 0. The molecule has 1 aromatic rings. The highest BCUT2D eigenvalue weighted by atomic mass is 16.1. The Labute approximate surface area is 76.2 Å². The number of nitrogen functional groups attached to an aromatic ring is 1. The summed E-state index contributed by atoms with van der Waals surface area (Å²) in [5, 5.41) is 8.72. The first kappa shape index (κ1) is 9.33. The molecule has 0 saturated carbocycles. The van der Waals surface area contributed by atoms with Gasteiger partial charge in [-0.05, 0) is 19.4 Å². The van der Waals surface area contributed by atoms with E-state index < -0.39 is 0 Å². The quantitative estimate of drug-likeness (QED) is 0.625. The summed E-state index contributed by atoms with van der Waals surface area (Å²) in [6.07, 6.45) is 0. The number of nitrogens with two attached hydrogens (primary N) is 1. The third kappa shape index (κ3) is 1.18. The minimum atomic E-state index is -0.285. The molecule has 4 nitrogen and oxygen atoms in total. The summed E-state index contributed by atoms with van der Waals surface area (Å²) in [7, 11) is 1.61. The fraction of sp³-hybridized carbons (Fsp3) is 0.333. The fourth-order valence-corrected chi connectivity index (χ4v) is 1.20. The molecular weight excluding hydrogens is 166 g/mol. The van der Waals surface area contributed by atoms with Crippen LogP contribution in [0.1, 0.15) is 16.8 Å². The third-order valence-corrected chi connectivity index (χ3v) is 2.30. The maximum atomic E-state index is 11.5. The Bertz CT molecular complexity index is 451. The number of aromatic nitrogens is 1. The molecule has 0 atom stereocenters. The van der Waals surface area contributed by atoms with E-state index in [4.69, 9.17) is 11.0 Å². The number of nitriles is 1. The van der Waals surface area contributed by atoms with Crippen molar-refractivity contribution in [3.8, 4) is 6.07 Å². The SMILES string of the molecule is Cc1c(N)c(C)n(C)c(=O)c1C#N. The second kappa shape index (κ2) is 2.94. The molecule has 0 bridgehead atoms. The van der Waals surface area contributed by atoms with E-state index in [9.17, 15) is 4.79 Å². The van der Waals surface area contributed by atoms with Crippen LogP contribution < -0.4 is 11.3 Å². The van der Waals surface area contributed by atoms with E-state index in [0.29, 0.717) is 16.9 Å². The smallest absolute Gasteiger partial charge is 0.268 e. The maximum absolute atomic E-state index is 11.5. The molecule has 4 heteroatoms. The van der Waals surface area contributed by atoms with Crippen LogP contribution in [0, 0.1) is 25.2 Å². The zero-order valence-corrected chi connectivity index (χ0v) is 7.88. The molecule has 0 aliphatic rings. The predicted octanol–water partition coefficient (Wildman–Crippen LogP) is 0.456. The molecule has 0 aliphatic carbocycles. The van der Waals surface area contributed by atoms with Crippen molar-refractivity contribution in [1.29, 1.82) is 5.26 Å². The van der Waals surface area contributed by atoms with Crippen molar-refractivity contribution in [1.82, 2.24) is 4.57 Å². The van der Waals surface area contributed by atoms with Gasteiger partial charge in [0.2, 0.25) is 0 Å². The van der Waals surface area contributed by atoms with Crippen molar-refractivity contribution in [2.24, 2.45) is 7.05 Å². The van der Waals surface area contributed by atoms with Gasteiger partial charge in [-0.1, -0.05) is 0 Å². The van der Waals surface area contributed by atoms with Gasteiger partial charge in [-0.3, -0.25) is 4.79 Å². The molecule has 0 fully saturated rings. The van der Waals surface area contributed by atoms with Gasteiger partial charge >= 0.3 is 0 Å². The molecule has 0 radical (unpaired) electrons. The Hall–Kier alpha value is -1.76. The zero-order chi connectivity index (χ0) is 10.2. The molecule has 0 aromatic carbocycles. The van der Waals surface area contributed by atoms with Gasteiger partial charge in [0, 0.05) is 12.7 Å². The molecule has 1 rings (SSSR count). The second-order valence-corrected chi connectivity index (χ2v) is 2.98. The van der Waals surface area contributed by atoms with Gasteiger partial charge in [0.1, 0.15) is 11.6 Å². The molecule has 68 valence electrons. The van der Waals surface area contributed by atoms with Crippen molar-refractivity contribution in [2.75, 3.05) is 5.73 Å². The highest BCUT2D eigenvalue weighted by Gasteiger charge is 2.11. The predicted molar refractivity (Wildman–Crippen MR) is 50.3 cm³/mol. The normalized spacial score (nSPS) is 9.69. The van der Waals surface area contributed by atoms with Crippen LogP contribution in [0.25, 0.3) is 0 Å². The second-order valence-electron chi connectivity index (χ2n) is 2.98. The first-order valence-electron chi connectivity index (χ1n) is 3.86. The molecule has 0 aliphatic heterocycles. The van der Waals surface area contributed by atoms with Crippen LogP contribution in [0.3, 0.4) is 0 Å². The van der Waals surface area contributed by atoms with Crippen LogP contribution in [0.4, 0.5) is 5.69 Å². The number of rotatable bonds is 0. The van der Waals surface area contributed by atoms with Gasteiger partial charge in [-0.15, -0.1) is 0 Å². The van der Waals surface area contributed by atoms with Crippen LogP contribution in [0.5, 0.6) is 0 Å². The number of hydrogen-bond acceptors (Lipinski definition) is 3. The fourth-order valence-electron chi connectivity index (χ4n) is 1.20. The number of nitrogens with zero attached hydrogens (tertiary/aromatic N) is 2. The van der Waals surface area contributed by atoms with E-state index in [-0.39, 0.29) is 11.1 Å². The Morgan fingerprint density at radius 2 is 2.00 bits per heavy atom. The van der Waals surface area contributed by atoms with Crippen molar-refractivity contribution in [3.63, 3.8) is 0 Å². The van der Waals surface area contributed by atoms with Crippen molar-refractivity contribution in [3.05, 3.63) is 27.2 Å². The van der Waals surface area contributed by atoms with E-state index >= 15 is 0 Å². The summed E-state index contributed by atoms with van der Waals surface area (Å²) in [5.41, 5.74) is 7.34. The third-order valence-electron chi connectivity index (χ3n) is 2.30. The summed E-state index contributed by atoms with van der Waals surface area (Å²) < 4.78 is 1.39. The number of anilines is 1. The van der Waals surface area contributed by atoms with Gasteiger partial charge in [-0.2, -0.15) is 5.26 Å². The van der Waals surface area contributed by atoms with Gasteiger partial charge in [-0.25, -0.2) is 0 Å². The standard InChI is InChI=1S/C9H11N3O/c1-5-7(4-10)9(13)12(3)6(2)8(5)11/h11H2,1-3H3. The average molecular weight is 177 g/mol. The van der Waals surface area contributed by atoms with Gasteiger partial charge in [0.05, 0.1) is 5.69 Å². The minimum absolute atomic E-state index is 0.130. The van der Waals surface area contributed by atoms with Crippen LogP contribution in [0.2, 0.25) is 0 Å². The Balaban J connectivity index is 3.80. The van der Waals surface area contributed by atoms with Crippen molar-refractivity contribution in [2.45, 2.75) is 13.8 Å². The Morgan fingerprint density at radius 3 is 2.46 bits per heavy atom. The maximum Gasteiger partial charge on any atom is 0.268 e. The summed E-state index contributed by atoms with van der Waals surface area (Å²) in [6, 6.07) is 1.86. The largest absolute Gasteiger partial charge is 0.397 e. The molecule has 1 aromatic heterocycles. The molecule has 0 amide bonds. The van der Waals surface area contributed by atoms with Crippen molar-refractivity contribution >= 4 is 5.69 Å². The molecule has 0 unspecified atom stereocenters. The van der Waals surface area contributed by atoms with Crippen LogP contribution in [0.15, 0.2) is 4.79 Å². The molecular formula is C9H11N3O. The lowest BCUT2D eigenvalue weighted by Gasteiger charge is -2.10. The summed E-state index contributed by atoms with van der Waals surface area (Å²) in [6.45, 7) is 3.44. The van der Waals surface area contributed by atoms with Crippen LogP contribution in [-0.2, 0) is 7.05 Å². The van der Waals surface area contributed by atoms with Crippen LogP contribution in [-0.4, -0.2) is 4.57 Å². The first-order valence-corrected chi connectivity index (χ1v) is 3.86. The zero-order valence-electron chi connectivity index (χ0n) is 7.88. The monoisotopic (exact) mass is 177 g/mol. The summed E-state index contributed by atoms with van der Waals surface area (Å²) in [4.78, 5) is 11.5. The first-order chi connectivity index (χ1) is 6.00. The van der Waals surface area contributed by atoms with Gasteiger partial charge in [0.15, 0.2) is 0 Å². The summed E-state index contributed by atoms with van der Waals surface area (Å²) in [5.74, 6) is 0. The lowest BCUT2D eigenvalue weighted by molar-refractivity contribution is 0.814. The van der Waals surface area contributed by atoms with Gasteiger partial charge < -0.3 is 10.3 Å². The van der Waals surface area contributed by atoms with E-state index in [0.717, 1.165) is 0 Å². The van der Waals surface area contributed by atoms with E-state index in [2.05, 4.69) is 0 Å². The average Bonchev–Trinajstić information content (AvgIpc) is 2.13. The molecule has 1 heterocycles. The van der Waals surface area contributed by atoms with Crippen molar-refractivity contribution < 1.29 is 0 Å². The highest BCUT2D eigenvalue weighted by Crippen LogP contribution is 2.15. The molecule has 0 spiro atoms. The van der Waals surface area contributed by atoms with E-state index in [1.165, 1.54) is 4.57 Å². The minimum Gasteiger partial charge on any atom is -0.397 e. The van der Waals surface area contributed by atoms with E-state index in [1.807, 2.05) is 6.07 Å². The number of hydrogen-bond donors (Lipinski definition) is 1. The lowest BCUT2D eigenvalue weighted by Crippen LogP contribution is -2.24. The highest BCUT2D eigenvalue weighted by molar-refractivity contribution is 5.56. The molecule has 0 saturated heterocycles. The van der Waals surface area contributed by atoms with E-state index in [1.54, 1.807) is 20.9 Å². The topological polar surface area (TPSA) is 71.8 Å². The molecule has 13 heavy (non-hydrogen) atoms. The lowest BCUT2D eigenvalue weighted by atomic mass is 10.1.